The maximum atomic E-state index is 13.0. The highest BCUT2D eigenvalue weighted by molar-refractivity contribution is 6.09. The molecule has 16 nitrogen and oxygen atoms in total. The van der Waals surface area contributed by atoms with Gasteiger partial charge in [0.1, 0.15) is 48.8 Å². The largest absolute Gasteiger partial charge is 0.504 e. The number of aliphatic hydroxyl groups is 8. The van der Waals surface area contributed by atoms with E-state index in [1.54, 1.807) is 0 Å². The Labute approximate surface area is 243 Å². The van der Waals surface area contributed by atoms with Gasteiger partial charge < -0.3 is 75.1 Å². The van der Waals surface area contributed by atoms with Crippen LogP contribution >= 0.6 is 0 Å². The number of aliphatic hydroxyl groups excluding tert-OH is 8. The molecule has 2 aromatic carbocycles. The Morgan fingerprint density at radius 2 is 1.28 bits per heavy atom. The van der Waals surface area contributed by atoms with Crippen LogP contribution in [-0.4, -0.2) is 137 Å². The van der Waals surface area contributed by atoms with Gasteiger partial charge in [0.15, 0.2) is 28.8 Å². The van der Waals surface area contributed by atoms with Crippen LogP contribution in [0.25, 0.3) is 6.08 Å². The van der Waals surface area contributed by atoms with Crippen LogP contribution in [0.1, 0.15) is 15.9 Å². The Balaban J connectivity index is 1.69. The van der Waals surface area contributed by atoms with E-state index in [0.29, 0.717) is 5.56 Å². The van der Waals surface area contributed by atoms with E-state index in [9.17, 15) is 61.0 Å². The van der Waals surface area contributed by atoms with Gasteiger partial charge in [-0.3, -0.25) is 4.79 Å². The number of phenols is 3. The standard InChI is InChI=1S/C27H32O16/c28-8-16-19(34)21(36)23(38)26(41-16)40-15-6-3-11(12(30)4-1-10-2-5-13(31)14(32)7-10)18(33)25(15)43-27-24(39)22(37)20(35)17(9-29)42-27/h1-7,16-17,19-24,26-29,31-39H,8-9H2/b4-1+/t16-,17+,19-,20-,21+,22+,23+,24+,26-,27+/m1/s1. The molecule has 2 aliphatic rings. The quantitative estimate of drug-likeness (QED) is 0.0767. The molecule has 4 rings (SSSR count). The van der Waals surface area contributed by atoms with Gasteiger partial charge in [-0.2, -0.15) is 0 Å². The molecular weight excluding hydrogens is 580 g/mol. The molecule has 2 aliphatic heterocycles. The van der Waals surface area contributed by atoms with E-state index in [2.05, 4.69) is 0 Å². The summed E-state index contributed by atoms with van der Waals surface area (Å²) in [5.41, 5.74) is -0.0940. The Morgan fingerprint density at radius 3 is 1.81 bits per heavy atom. The first kappa shape index (κ1) is 32.4. The van der Waals surface area contributed by atoms with Crippen LogP contribution in [0.5, 0.6) is 28.7 Å². The van der Waals surface area contributed by atoms with Crippen LogP contribution in [0.15, 0.2) is 36.4 Å². The molecule has 11 N–H and O–H groups in total. The lowest BCUT2D eigenvalue weighted by Crippen LogP contribution is -2.60. The fourth-order valence-electron chi connectivity index (χ4n) is 4.43. The fourth-order valence-corrected chi connectivity index (χ4v) is 4.43. The average Bonchev–Trinajstić information content (AvgIpc) is 2.99. The maximum absolute atomic E-state index is 13.0. The van der Waals surface area contributed by atoms with E-state index in [4.69, 9.17) is 18.9 Å². The third-order valence-corrected chi connectivity index (χ3v) is 6.96. The number of rotatable bonds is 9. The van der Waals surface area contributed by atoms with Crippen LogP contribution in [0, 0.1) is 0 Å². The highest BCUT2D eigenvalue weighted by Gasteiger charge is 2.47. The predicted molar refractivity (Wildman–Crippen MR) is 140 cm³/mol. The highest BCUT2D eigenvalue weighted by Crippen LogP contribution is 2.43. The zero-order valence-electron chi connectivity index (χ0n) is 22.2. The van der Waals surface area contributed by atoms with Crippen LogP contribution in [0.4, 0.5) is 0 Å². The number of phenolic OH excluding ortho intramolecular Hbond substituents is 3. The van der Waals surface area contributed by atoms with Crippen molar-refractivity contribution in [2.24, 2.45) is 0 Å². The molecule has 2 fully saturated rings. The van der Waals surface area contributed by atoms with Crippen molar-refractivity contribution >= 4 is 11.9 Å². The SMILES string of the molecule is O=C(/C=C/c1ccc(O)c(O)c1)c1ccc(O[C@@H]2O[C@H](CO)[C@@H](O)[C@H](O)[C@@H]2O)c(O[C@@H]2O[C@@H](CO)[C@@H](O)[C@H](O)[C@@H]2O)c1O. The summed E-state index contributed by atoms with van der Waals surface area (Å²) < 4.78 is 21.8. The van der Waals surface area contributed by atoms with Crippen LogP contribution < -0.4 is 9.47 Å². The molecule has 0 spiro atoms. The lowest BCUT2D eigenvalue weighted by atomic mass is 9.99. The van der Waals surface area contributed by atoms with Gasteiger partial charge in [-0.1, -0.05) is 12.1 Å². The Morgan fingerprint density at radius 1 is 0.721 bits per heavy atom. The van der Waals surface area contributed by atoms with E-state index in [1.807, 2.05) is 0 Å². The molecule has 2 saturated heterocycles. The van der Waals surface area contributed by atoms with E-state index in [0.717, 1.165) is 18.2 Å². The fraction of sp³-hybridized carbons (Fsp3) is 0.444. The first-order chi connectivity index (χ1) is 20.4. The van der Waals surface area contributed by atoms with Crippen molar-refractivity contribution in [3.63, 3.8) is 0 Å². The second kappa shape index (κ2) is 13.4. The van der Waals surface area contributed by atoms with Gasteiger partial charge in [0.05, 0.1) is 18.8 Å². The number of carbonyl (C=O) groups is 1. The van der Waals surface area contributed by atoms with Gasteiger partial charge in [0.2, 0.25) is 18.3 Å². The topological polar surface area (TPSA) is 277 Å². The van der Waals surface area contributed by atoms with Gasteiger partial charge in [0.25, 0.3) is 0 Å². The van der Waals surface area contributed by atoms with Crippen molar-refractivity contribution in [1.29, 1.82) is 0 Å². The Kier molecular flexibility index (Phi) is 10.1. The number of ketones is 1. The third kappa shape index (κ3) is 6.68. The molecule has 16 heteroatoms. The minimum atomic E-state index is -1.95. The van der Waals surface area contributed by atoms with Gasteiger partial charge in [-0.05, 0) is 35.9 Å². The molecule has 43 heavy (non-hydrogen) atoms. The third-order valence-electron chi connectivity index (χ3n) is 6.96. The minimum Gasteiger partial charge on any atom is -0.504 e. The molecule has 2 heterocycles. The van der Waals surface area contributed by atoms with Crippen LogP contribution in [0.3, 0.4) is 0 Å². The van der Waals surface area contributed by atoms with Crippen molar-refractivity contribution in [1.82, 2.24) is 0 Å². The molecule has 2 aromatic rings. The lowest BCUT2D eigenvalue weighted by molar-refractivity contribution is -0.282. The second-order valence-electron chi connectivity index (χ2n) is 9.86. The highest BCUT2D eigenvalue weighted by atomic mass is 16.7. The number of carbonyl (C=O) groups excluding carboxylic acids is 1. The predicted octanol–water partition coefficient (Wildman–Crippen LogP) is -2.94. The molecule has 0 aromatic heterocycles. The van der Waals surface area contributed by atoms with Crippen molar-refractivity contribution in [2.75, 3.05) is 13.2 Å². The summed E-state index contributed by atoms with van der Waals surface area (Å²) >= 11 is 0. The number of aromatic hydroxyl groups is 3. The summed E-state index contributed by atoms with van der Waals surface area (Å²) in [4.78, 5) is 13.0. The Bertz CT molecular complexity index is 1310. The summed E-state index contributed by atoms with van der Waals surface area (Å²) in [5.74, 6) is -3.72. The first-order valence-electron chi connectivity index (χ1n) is 12.9. The van der Waals surface area contributed by atoms with Crippen molar-refractivity contribution in [3.05, 3.63) is 47.5 Å². The number of hydrogen-bond acceptors (Lipinski definition) is 16. The number of allylic oxidation sites excluding steroid dienone is 1. The summed E-state index contributed by atoms with van der Waals surface area (Å²) in [7, 11) is 0. The van der Waals surface area contributed by atoms with Crippen LogP contribution in [0.2, 0.25) is 0 Å². The summed E-state index contributed by atoms with van der Waals surface area (Å²) in [6.45, 7) is -1.58. The smallest absolute Gasteiger partial charge is 0.229 e. The Hall–Kier alpha value is -3.55. The number of hydrogen-bond donors (Lipinski definition) is 11. The summed E-state index contributed by atoms with van der Waals surface area (Å²) in [6.07, 6.45) is -15.1. The monoisotopic (exact) mass is 612 g/mol. The molecule has 0 amide bonds. The van der Waals surface area contributed by atoms with Crippen molar-refractivity contribution < 1.29 is 79.9 Å². The molecule has 236 valence electrons. The number of ether oxygens (including phenoxy) is 4. The van der Waals surface area contributed by atoms with Gasteiger partial charge in [-0.15, -0.1) is 0 Å². The van der Waals surface area contributed by atoms with E-state index in [1.165, 1.54) is 24.3 Å². The van der Waals surface area contributed by atoms with Gasteiger partial charge >= 0.3 is 0 Å². The second-order valence-corrected chi connectivity index (χ2v) is 9.86. The first-order valence-corrected chi connectivity index (χ1v) is 12.9. The maximum Gasteiger partial charge on any atom is 0.229 e. The van der Waals surface area contributed by atoms with Crippen molar-refractivity contribution in [2.45, 2.75) is 61.4 Å². The summed E-state index contributed by atoms with van der Waals surface area (Å²) in [5, 5.41) is 110. The molecule has 0 radical (unpaired) electrons. The van der Waals surface area contributed by atoms with E-state index >= 15 is 0 Å². The van der Waals surface area contributed by atoms with E-state index in [-0.39, 0.29) is 5.75 Å². The molecule has 0 bridgehead atoms. The number of benzene rings is 2. The van der Waals surface area contributed by atoms with Gasteiger partial charge in [-0.25, -0.2) is 0 Å². The normalized spacial score (nSPS) is 32.9. The molecule has 0 aliphatic carbocycles. The molecule has 10 atom stereocenters. The zero-order chi connectivity index (χ0) is 31.6. The molecule has 0 saturated carbocycles. The average molecular weight is 613 g/mol. The molecule has 0 unspecified atom stereocenters. The summed E-state index contributed by atoms with van der Waals surface area (Å²) in [6, 6.07) is 5.91. The molecular formula is C27H32O16. The van der Waals surface area contributed by atoms with Crippen molar-refractivity contribution in [3.8, 4) is 28.7 Å². The zero-order valence-corrected chi connectivity index (χ0v) is 22.2. The minimum absolute atomic E-state index is 0.309. The van der Waals surface area contributed by atoms with E-state index < -0.39 is 109 Å². The lowest BCUT2D eigenvalue weighted by Gasteiger charge is -2.41. The van der Waals surface area contributed by atoms with Gasteiger partial charge in [0, 0.05) is 0 Å². The van der Waals surface area contributed by atoms with Crippen LogP contribution in [-0.2, 0) is 9.47 Å².